The molecular weight excluding hydrogens is 374 g/mol. The average molecular weight is 403 g/mol. The van der Waals surface area contributed by atoms with Gasteiger partial charge in [-0.15, -0.1) is 0 Å². The summed E-state index contributed by atoms with van der Waals surface area (Å²) < 4.78 is 10.5. The zero-order valence-corrected chi connectivity index (χ0v) is 17.1. The van der Waals surface area contributed by atoms with E-state index in [4.69, 9.17) is 9.47 Å². The predicted molar refractivity (Wildman–Crippen MR) is 108 cm³/mol. The van der Waals surface area contributed by atoms with Gasteiger partial charge in [-0.1, -0.05) is 0 Å². The van der Waals surface area contributed by atoms with Gasteiger partial charge in [-0.2, -0.15) is 0 Å². The lowest BCUT2D eigenvalue weighted by atomic mass is 9.98. The molecule has 1 aromatic carbocycles. The smallest absolute Gasteiger partial charge is 0.317 e. The summed E-state index contributed by atoms with van der Waals surface area (Å²) in [6, 6.07) is 6.88. The SMILES string of the molecule is CCOC(=O)[C@@H]1CCCN(C(=O)N[C@H]2CC(=O)N(c3ccc(OCC)cc3)C2)C1. The first-order valence-corrected chi connectivity index (χ1v) is 10.3. The van der Waals surface area contributed by atoms with Crippen molar-refractivity contribution in [2.24, 2.45) is 5.92 Å². The van der Waals surface area contributed by atoms with Gasteiger partial charge in [0.15, 0.2) is 0 Å². The molecule has 3 amide bonds. The molecule has 2 aliphatic rings. The van der Waals surface area contributed by atoms with Gasteiger partial charge in [-0.05, 0) is 51.0 Å². The second-order valence-electron chi connectivity index (χ2n) is 7.32. The van der Waals surface area contributed by atoms with E-state index >= 15 is 0 Å². The summed E-state index contributed by atoms with van der Waals surface area (Å²) in [4.78, 5) is 40.4. The molecule has 2 aliphatic heterocycles. The molecule has 2 heterocycles. The number of hydrogen-bond donors (Lipinski definition) is 1. The van der Waals surface area contributed by atoms with Crippen molar-refractivity contribution in [3.8, 4) is 5.75 Å². The van der Waals surface area contributed by atoms with Crippen molar-refractivity contribution >= 4 is 23.6 Å². The normalized spacial score (nSPS) is 21.8. The van der Waals surface area contributed by atoms with E-state index in [0.717, 1.165) is 24.3 Å². The molecule has 1 N–H and O–H groups in total. The summed E-state index contributed by atoms with van der Waals surface area (Å²) >= 11 is 0. The lowest BCUT2D eigenvalue weighted by Gasteiger charge is -2.32. The van der Waals surface area contributed by atoms with Gasteiger partial charge >= 0.3 is 12.0 Å². The Kier molecular flexibility index (Phi) is 6.95. The molecule has 8 heteroatoms. The van der Waals surface area contributed by atoms with Crippen LogP contribution in [0.1, 0.15) is 33.1 Å². The minimum atomic E-state index is -0.278. The molecular formula is C21H29N3O5. The number of nitrogens with one attached hydrogen (secondary N) is 1. The maximum atomic E-state index is 12.7. The highest BCUT2D eigenvalue weighted by Gasteiger charge is 2.34. The zero-order valence-electron chi connectivity index (χ0n) is 17.1. The molecule has 0 radical (unpaired) electrons. The third-order valence-electron chi connectivity index (χ3n) is 5.24. The summed E-state index contributed by atoms with van der Waals surface area (Å²) in [5.74, 6) is 0.208. The van der Waals surface area contributed by atoms with Crippen molar-refractivity contribution in [3.63, 3.8) is 0 Å². The van der Waals surface area contributed by atoms with Crippen LogP contribution in [0.4, 0.5) is 10.5 Å². The number of hydrogen-bond acceptors (Lipinski definition) is 5. The fraction of sp³-hybridized carbons (Fsp3) is 0.571. The van der Waals surface area contributed by atoms with E-state index in [9.17, 15) is 14.4 Å². The quantitative estimate of drug-likeness (QED) is 0.736. The van der Waals surface area contributed by atoms with Crippen molar-refractivity contribution in [1.82, 2.24) is 10.2 Å². The predicted octanol–water partition coefficient (Wildman–Crippen LogP) is 2.18. The molecule has 29 heavy (non-hydrogen) atoms. The van der Waals surface area contributed by atoms with Crippen LogP contribution < -0.4 is 15.0 Å². The van der Waals surface area contributed by atoms with Crippen LogP contribution in [-0.4, -0.2) is 61.7 Å². The Morgan fingerprint density at radius 2 is 1.90 bits per heavy atom. The molecule has 158 valence electrons. The van der Waals surface area contributed by atoms with Crippen molar-refractivity contribution < 1.29 is 23.9 Å². The molecule has 8 nitrogen and oxygen atoms in total. The monoisotopic (exact) mass is 403 g/mol. The molecule has 2 saturated heterocycles. The average Bonchev–Trinajstić information content (AvgIpc) is 3.09. The molecule has 3 rings (SSSR count). The minimum Gasteiger partial charge on any atom is -0.494 e. The zero-order chi connectivity index (χ0) is 20.8. The van der Waals surface area contributed by atoms with E-state index < -0.39 is 0 Å². The number of likely N-dealkylation sites (tertiary alicyclic amines) is 1. The molecule has 0 unspecified atom stereocenters. The highest BCUT2D eigenvalue weighted by Crippen LogP contribution is 2.25. The molecule has 0 saturated carbocycles. The number of ether oxygens (including phenoxy) is 2. The highest BCUT2D eigenvalue weighted by molar-refractivity contribution is 5.96. The summed E-state index contributed by atoms with van der Waals surface area (Å²) in [7, 11) is 0. The molecule has 1 aromatic rings. The second-order valence-corrected chi connectivity index (χ2v) is 7.32. The molecule has 2 atom stereocenters. The number of esters is 1. The van der Waals surface area contributed by atoms with Gasteiger partial charge in [0.1, 0.15) is 5.75 Å². The molecule has 2 fully saturated rings. The first kappa shape index (κ1) is 21.0. The molecule has 0 aliphatic carbocycles. The van der Waals surface area contributed by atoms with Crippen LogP contribution in [0, 0.1) is 5.92 Å². The Labute approximate surface area is 171 Å². The van der Waals surface area contributed by atoms with E-state index in [-0.39, 0.29) is 36.3 Å². The van der Waals surface area contributed by atoms with Gasteiger partial charge in [0.05, 0.1) is 25.2 Å². The maximum absolute atomic E-state index is 12.7. The third kappa shape index (κ3) is 5.19. The summed E-state index contributed by atoms with van der Waals surface area (Å²) in [5, 5.41) is 2.95. The van der Waals surface area contributed by atoms with E-state index in [1.165, 1.54) is 0 Å². The number of piperidine rings is 1. The van der Waals surface area contributed by atoms with Crippen LogP contribution >= 0.6 is 0 Å². The lowest BCUT2D eigenvalue weighted by molar-refractivity contribution is -0.149. The van der Waals surface area contributed by atoms with Gasteiger partial charge in [-0.25, -0.2) is 4.79 Å². The van der Waals surface area contributed by atoms with Crippen LogP contribution in [0.3, 0.4) is 0 Å². The first-order valence-electron chi connectivity index (χ1n) is 10.3. The van der Waals surface area contributed by atoms with Crippen LogP contribution in [0.5, 0.6) is 5.75 Å². The molecule has 0 spiro atoms. The van der Waals surface area contributed by atoms with Crippen molar-refractivity contribution in [1.29, 1.82) is 0 Å². The van der Waals surface area contributed by atoms with E-state index in [1.54, 1.807) is 16.7 Å². The van der Waals surface area contributed by atoms with Crippen LogP contribution in [0.25, 0.3) is 0 Å². The van der Waals surface area contributed by atoms with Crippen LogP contribution in [0.2, 0.25) is 0 Å². The standard InChI is InChI=1S/C21H29N3O5/c1-3-28-18-9-7-17(8-10-18)24-14-16(12-19(24)25)22-21(27)23-11-5-6-15(13-23)20(26)29-4-2/h7-10,15-16H,3-6,11-14H2,1-2H3,(H,22,27)/t15-,16+/m1/s1. The van der Waals surface area contributed by atoms with Gasteiger partial charge < -0.3 is 24.6 Å². The number of nitrogens with zero attached hydrogens (tertiary/aromatic N) is 2. The Morgan fingerprint density at radius 3 is 2.59 bits per heavy atom. The molecule has 0 bridgehead atoms. The maximum Gasteiger partial charge on any atom is 0.317 e. The van der Waals surface area contributed by atoms with Crippen LogP contribution in [0.15, 0.2) is 24.3 Å². The number of carbonyl (C=O) groups excluding carboxylic acids is 3. The van der Waals surface area contributed by atoms with Crippen molar-refractivity contribution in [2.45, 2.75) is 39.2 Å². The Balaban J connectivity index is 1.55. The fourth-order valence-corrected chi connectivity index (χ4v) is 3.82. The first-order chi connectivity index (χ1) is 14.0. The molecule has 0 aromatic heterocycles. The topological polar surface area (TPSA) is 88.2 Å². The van der Waals surface area contributed by atoms with Crippen molar-refractivity contribution in [3.05, 3.63) is 24.3 Å². The summed E-state index contributed by atoms with van der Waals surface area (Å²) in [6.07, 6.45) is 1.75. The Hall–Kier alpha value is -2.77. The van der Waals surface area contributed by atoms with Crippen molar-refractivity contribution in [2.75, 3.05) is 37.7 Å². The Morgan fingerprint density at radius 1 is 1.14 bits per heavy atom. The number of carbonyl (C=O) groups is 3. The van der Waals surface area contributed by atoms with E-state index in [0.29, 0.717) is 32.8 Å². The van der Waals surface area contributed by atoms with Gasteiger partial charge in [-0.3, -0.25) is 9.59 Å². The third-order valence-corrected chi connectivity index (χ3v) is 5.24. The number of benzene rings is 1. The second kappa shape index (κ2) is 9.62. The highest BCUT2D eigenvalue weighted by atomic mass is 16.5. The number of rotatable bonds is 6. The van der Waals surface area contributed by atoms with Crippen LogP contribution in [-0.2, 0) is 14.3 Å². The van der Waals surface area contributed by atoms with Gasteiger partial charge in [0, 0.05) is 31.7 Å². The number of urea groups is 1. The number of amides is 3. The summed E-state index contributed by atoms with van der Waals surface area (Å²) in [5.41, 5.74) is 0.788. The van der Waals surface area contributed by atoms with E-state index in [1.807, 2.05) is 31.2 Å². The lowest BCUT2D eigenvalue weighted by Crippen LogP contribution is -2.50. The van der Waals surface area contributed by atoms with Gasteiger partial charge in [0.2, 0.25) is 5.91 Å². The fourth-order valence-electron chi connectivity index (χ4n) is 3.82. The summed E-state index contributed by atoms with van der Waals surface area (Å²) in [6.45, 7) is 6.00. The largest absolute Gasteiger partial charge is 0.494 e. The van der Waals surface area contributed by atoms with E-state index in [2.05, 4.69) is 5.32 Å². The van der Waals surface area contributed by atoms with Gasteiger partial charge in [0.25, 0.3) is 0 Å². The number of anilines is 1. The Bertz CT molecular complexity index is 736. The minimum absolute atomic E-state index is 0.0255.